The average Bonchev–Trinajstić information content (AvgIpc) is 2.72. The molecule has 0 aromatic carbocycles. The van der Waals surface area contributed by atoms with Crippen LogP contribution in [0.2, 0.25) is 0 Å². The van der Waals surface area contributed by atoms with Crippen molar-refractivity contribution in [1.29, 1.82) is 0 Å². The number of aromatic nitrogens is 1. The summed E-state index contributed by atoms with van der Waals surface area (Å²) in [5.74, 6) is 0. The zero-order valence-corrected chi connectivity index (χ0v) is 11.5. The van der Waals surface area contributed by atoms with E-state index in [9.17, 15) is 0 Å². The highest BCUT2D eigenvalue weighted by molar-refractivity contribution is 7.11. The molecule has 0 bridgehead atoms. The third kappa shape index (κ3) is 5.12. The predicted molar refractivity (Wildman–Crippen MR) is 70.4 cm³/mol. The molecule has 1 heterocycles. The van der Waals surface area contributed by atoms with Gasteiger partial charge in [0.05, 0.1) is 30.5 Å². The molecule has 0 atom stereocenters. The Morgan fingerprint density at radius 1 is 1.24 bits per heavy atom. The van der Waals surface area contributed by atoms with Crippen LogP contribution in [0.1, 0.15) is 28.9 Å². The first-order valence-electron chi connectivity index (χ1n) is 6.06. The van der Waals surface area contributed by atoms with Crippen molar-refractivity contribution < 1.29 is 9.47 Å². The van der Waals surface area contributed by atoms with Crippen LogP contribution in [0, 0.1) is 0 Å². The van der Waals surface area contributed by atoms with Gasteiger partial charge in [-0.25, -0.2) is 4.98 Å². The van der Waals surface area contributed by atoms with E-state index in [0.29, 0.717) is 26.4 Å². The van der Waals surface area contributed by atoms with Gasteiger partial charge >= 0.3 is 0 Å². The Morgan fingerprint density at radius 3 is 2.71 bits per heavy atom. The molecule has 2 N–H and O–H groups in total. The summed E-state index contributed by atoms with van der Waals surface area (Å²) >= 11 is 1.72. The van der Waals surface area contributed by atoms with E-state index in [4.69, 9.17) is 15.2 Å². The Kier molecular flexibility index (Phi) is 7.35. The zero-order valence-electron chi connectivity index (χ0n) is 10.7. The van der Waals surface area contributed by atoms with Crippen molar-refractivity contribution in [2.75, 3.05) is 26.9 Å². The predicted octanol–water partition coefficient (Wildman–Crippen LogP) is 1.76. The second kappa shape index (κ2) is 8.58. The Morgan fingerprint density at radius 2 is 2.06 bits per heavy atom. The van der Waals surface area contributed by atoms with Crippen molar-refractivity contribution in [3.05, 3.63) is 15.6 Å². The molecule has 0 saturated carbocycles. The lowest BCUT2D eigenvalue weighted by Gasteiger charge is -2.00. The third-order valence-electron chi connectivity index (χ3n) is 2.39. The molecule has 0 unspecified atom stereocenters. The highest BCUT2D eigenvalue weighted by Crippen LogP contribution is 2.20. The van der Waals surface area contributed by atoms with Crippen molar-refractivity contribution in [2.24, 2.45) is 5.73 Å². The minimum Gasteiger partial charge on any atom is -0.382 e. The van der Waals surface area contributed by atoms with Crippen LogP contribution in [0.15, 0.2) is 0 Å². The minimum atomic E-state index is 0.595. The van der Waals surface area contributed by atoms with Gasteiger partial charge < -0.3 is 15.2 Å². The molecule has 1 rings (SSSR count). The largest absolute Gasteiger partial charge is 0.382 e. The highest BCUT2D eigenvalue weighted by atomic mass is 32.1. The van der Waals surface area contributed by atoms with Crippen molar-refractivity contribution in [1.82, 2.24) is 4.98 Å². The molecule has 0 saturated heterocycles. The van der Waals surface area contributed by atoms with E-state index in [0.717, 1.165) is 24.3 Å². The monoisotopic (exact) mass is 258 g/mol. The first-order valence-corrected chi connectivity index (χ1v) is 6.87. The van der Waals surface area contributed by atoms with Crippen LogP contribution in [0.4, 0.5) is 0 Å². The molecule has 0 aliphatic heterocycles. The molecule has 1 aromatic heterocycles. The molecular weight excluding hydrogens is 236 g/mol. The lowest BCUT2D eigenvalue weighted by atomic mass is 10.2. The van der Waals surface area contributed by atoms with Crippen LogP contribution in [0.25, 0.3) is 0 Å². The highest BCUT2D eigenvalue weighted by Gasteiger charge is 2.08. The topological polar surface area (TPSA) is 57.4 Å². The zero-order chi connectivity index (χ0) is 12.5. The number of nitrogens with two attached hydrogens (primary N) is 1. The quantitative estimate of drug-likeness (QED) is 0.686. The maximum absolute atomic E-state index is 5.71. The maximum Gasteiger partial charge on any atom is 0.0954 e. The average molecular weight is 258 g/mol. The summed E-state index contributed by atoms with van der Waals surface area (Å²) in [6.45, 7) is 4.75. The SMILES string of the molecule is CCCc1nc(CCOCCOC)sc1CN. The van der Waals surface area contributed by atoms with Gasteiger partial charge in [0.25, 0.3) is 0 Å². The summed E-state index contributed by atoms with van der Waals surface area (Å²) in [5, 5.41) is 1.13. The number of aryl methyl sites for hydroxylation is 1. The first-order chi connectivity index (χ1) is 8.31. The van der Waals surface area contributed by atoms with Gasteiger partial charge in [-0.1, -0.05) is 13.3 Å². The van der Waals surface area contributed by atoms with Crippen molar-refractivity contribution in [2.45, 2.75) is 32.7 Å². The van der Waals surface area contributed by atoms with E-state index in [1.807, 2.05) is 0 Å². The molecule has 4 nitrogen and oxygen atoms in total. The molecule has 0 aliphatic rings. The number of rotatable bonds is 9. The molecule has 0 aliphatic carbocycles. The van der Waals surface area contributed by atoms with Crippen molar-refractivity contribution >= 4 is 11.3 Å². The van der Waals surface area contributed by atoms with Crippen LogP contribution in [0.5, 0.6) is 0 Å². The maximum atomic E-state index is 5.71. The van der Waals surface area contributed by atoms with Gasteiger partial charge in [0, 0.05) is 25.0 Å². The summed E-state index contributed by atoms with van der Waals surface area (Å²) in [5.41, 5.74) is 6.88. The van der Waals surface area contributed by atoms with Crippen LogP contribution < -0.4 is 5.73 Å². The number of nitrogens with zero attached hydrogens (tertiary/aromatic N) is 1. The van der Waals surface area contributed by atoms with Crippen molar-refractivity contribution in [3.63, 3.8) is 0 Å². The molecule has 1 aromatic rings. The smallest absolute Gasteiger partial charge is 0.0954 e. The summed E-state index contributed by atoms with van der Waals surface area (Å²) in [4.78, 5) is 5.84. The van der Waals surface area contributed by atoms with Gasteiger partial charge in [0.1, 0.15) is 0 Å². The summed E-state index contributed by atoms with van der Waals surface area (Å²) in [6.07, 6.45) is 3.00. The van der Waals surface area contributed by atoms with Gasteiger partial charge in [0.2, 0.25) is 0 Å². The minimum absolute atomic E-state index is 0.595. The van der Waals surface area contributed by atoms with Crippen molar-refractivity contribution in [3.8, 4) is 0 Å². The fourth-order valence-corrected chi connectivity index (χ4v) is 2.51. The third-order valence-corrected chi connectivity index (χ3v) is 3.57. The van der Waals surface area contributed by atoms with E-state index in [-0.39, 0.29) is 0 Å². The summed E-state index contributed by atoms with van der Waals surface area (Å²) < 4.78 is 10.3. The molecule has 5 heteroatoms. The fourth-order valence-electron chi connectivity index (χ4n) is 1.54. The molecule has 0 radical (unpaired) electrons. The fraction of sp³-hybridized carbons (Fsp3) is 0.750. The van der Waals surface area contributed by atoms with Crippen LogP contribution in [0.3, 0.4) is 0 Å². The number of methoxy groups -OCH3 is 1. The van der Waals surface area contributed by atoms with Gasteiger partial charge in [-0.15, -0.1) is 11.3 Å². The second-order valence-electron chi connectivity index (χ2n) is 3.79. The molecule has 0 spiro atoms. The number of ether oxygens (including phenoxy) is 2. The number of thiazole rings is 1. The number of hydrogen-bond acceptors (Lipinski definition) is 5. The van der Waals surface area contributed by atoms with E-state index in [1.54, 1.807) is 18.4 Å². The molecule has 17 heavy (non-hydrogen) atoms. The van der Waals surface area contributed by atoms with Gasteiger partial charge in [-0.2, -0.15) is 0 Å². The Hall–Kier alpha value is -0.490. The second-order valence-corrected chi connectivity index (χ2v) is 4.95. The first kappa shape index (κ1) is 14.6. The Balaban J connectivity index is 2.37. The van der Waals surface area contributed by atoms with E-state index >= 15 is 0 Å². The normalized spacial score (nSPS) is 11.0. The van der Waals surface area contributed by atoms with Crippen LogP contribution in [-0.2, 0) is 28.9 Å². The van der Waals surface area contributed by atoms with E-state index < -0.39 is 0 Å². The standard InChI is InChI=1S/C12H22N2O2S/c1-3-4-10-11(9-13)17-12(14-10)5-6-16-8-7-15-2/h3-9,13H2,1-2H3. The Bertz CT molecular complexity index is 315. The lowest BCUT2D eigenvalue weighted by molar-refractivity contribution is 0.0722. The lowest BCUT2D eigenvalue weighted by Crippen LogP contribution is -2.04. The molecular formula is C12H22N2O2S. The molecule has 0 amide bonds. The van der Waals surface area contributed by atoms with Crippen LogP contribution in [-0.4, -0.2) is 31.9 Å². The van der Waals surface area contributed by atoms with Crippen LogP contribution >= 0.6 is 11.3 Å². The van der Waals surface area contributed by atoms with Gasteiger partial charge in [-0.05, 0) is 6.42 Å². The number of hydrogen-bond donors (Lipinski definition) is 1. The van der Waals surface area contributed by atoms with Gasteiger partial charge in [0.15, 0.2) is 0 Å². The molecule has 98 valence electrons. The Labute approximate surface area is 107 Å². The van der Waals surface area contributed by atoms with E-state index in [1.165, 1.54) is 10.6 Å². The van der Waals surface area contributed by atoms with E-state index in [2.05, 4.69) is 11.9 Å². The van der Waals surface area contributed by atoms with Gasteiger partial charge in [-0.3, -0.25) is 0 Å². The molecule has 0 fully saturated rings. The summed E-state index contributed by atoms with van der Waals surface area (Å²) in [7, 11) is 1.68. The summed E-state index contributed by atoms with van der Waals surface area (Å²) in [6, 6.07) is 0.